The largest absolute Gasteiger partial charge is 0.494 e. The number of benzene rings is 1. The summed E-state index contributed by atoms with van der Waals surface area (Å²) < 4.78 is 18.7. The summed E-state index contributed by atoms with van der Waals surface area (Å²) in [6.07, 6.45) is 0. The molecule has 1 amide bonds. The van der Waals surface area contributed by atoms with Crippen molar-refractivity contribution in [2.75, 3.05) is 39.8 Å². The maximum Gasteiger partial charge on any atom is 0.219 e. The van der Waals surface area contributed by atoms with Crippen molar-refractivity contribution in [1.82, 2.24) is 15.1 Å². The van der Waals surface area contributed by atoms with Crippen molar-refractivity contribution in [2.24, 2.45) is 4.99 Å². The third-order valence-electron chi connectivity index (χ3n) is 3.99. The van der Waals surface area contributed by atoms with Gasteiger partial charge in [-0.05, 0) is 24.6 Å². The Labute approximate surface area is 165 Å². The number of carbonyl (C=O) groups excluding carboxylic acids is 1. The van der Waals surface area contributed by atoms with Gasteiger partial charge < -0.3 is 19.9 Å². The zero-order valence-corrected chi connectivity index (χ0v) is 17.2. The average Bonchev–Trinajstić information content (AvgIpc) is 2.59. The zero-order chi connectivity index (χ0) is 17.5. The lowest BCUT2D eigenvalue weighted by Crippen LogP contribution is -2.53. The molecule has 8 heteroatoms. The Bertz CT molecular complexity index is 604. The Balaban J connectivity index is 0.00000312. The first-order valence-electron chi connectivity index (χ1n) is 8.16. The summed E-state index contributed by atoms with van der Waals surface area (Å²) in [5.74, 6) is 0.738. The van der Waals surface area contributed by atoms with Crippen LogP contribution < -0.4 is 10.1 Å². The number of methoxy groups -OCH3 is 1. The van der Waals surface area contributed by atoms with Crippen molar-refractivity contribution in [3.63, 3.8) is 0 Å². The van der Waals surface area contributed by atoms with Crippen LogP contribution >= 0.6 is 24.0 Å². The van der Waals surface area contributed by atoms with Crippen molar-refractivity contribution in [3.8, 4) is 5.75 Å². The van der Waals surface area contributed by atoms with Gasteiger partial charge in [-0.15, -0.1) is 24.0 Å². The van der Waals surface area contributed by atoms with Crippen LogP contribution in [0.2, 0.25) is 0 Å². The third-order valence-corrected chi connectivity index (χ3v) is 3.99. The molecule has 0 radical (unpaired) electrons. The molecule has 0 atom stereocenters. The van der Waals surface area contributed by atoms with Gasteiger partial charge in [0.05, 0.1) is 13.7 Å². The van der Waals surface area contributed by atoms with Gasteiger partial charge in [-0.25, -0.2) is 9.38 Å². The van der Waals surface area contributed by atoms with Crippen molar-refractivity contribution >= 4 is 35.8 Å². The van der Waals surface area contributed by atoms with Gasteiger partial charge in [-0.1, -0.05) is 6.07 Å². The molecule has 0 spiro atoms. The molecule has 1 aliphatic heterocycles. The molecule has 0 aromatic heterocycles. The van der Waals surface area contributed by atoms with E-state index in [1.165, 1.54) is 13.2 Å². The van der Waals surface area contributed by atoms with Crippen LogP contribution in [0.15, 0.2) is 23.2 Å². The second-order valence-electron chi connectivity index (χ2n) is 5.63. The van der Waals surface area contributed by atoms with E-state index in [2.05, 4.69) is 15.2 Å². The molecule has 1 aromatic carbocycles. The number of rotatable bonds is 4. The molecule has 1 N–H and O–H groups in total. The van der Waals surface area contributed by atoms with Gasteiger partial charge in [0, 0.05) is 39.6 Å². The van der Waals surface area contributed by atoms with Gasteiger partial charge in [0.1, 0.15) is 0 Å². The number of ether oxygens (including phenoxy) is 1. The summed E-state index contributed by atoms with van der Waals surface area (Å²) in [4.78, 5) is 20.0. The number of guanidine groups is 1. The second-order valence-corrected chi connectivity index (χ2v) is 5.63. The summed E-state index contributed by atoms with van der Waals surface area (Å²) in [6, 6.07) is 4.86. The Kier molecular flexibility index (Phi) is 8.95. The monoisotopic (exact) mass is 464 g/mol. The molecule has 0 bridgehead atoms. The minimum absolute atomic E-state index is 0. The lowest BCUT2D eigenvalue weighted by Gasteiger charge is -2.36. The number of nitrogens with one attached hydrogen (secondary N) is 1. The molecular weight excluding hydrogens is 438 g/mol. The van der Waals surface area contributed by atoms with E-state index in [1.54, 1.807) is 13.0 Å². The smallest absolute Gasteiger partial charge is 0.219 e. The molecule has 2 rings (SSSR count). The van der Waals surface area contributed by atoms with Crippen molar-refractivity contribution in [1.29, 1.82) is 0 Å². The molecule has 0 unspecified atom stereocenters. The lowest BCUT2D eigenvalue weighted by molar-refractivity contribution is -0.130. The highest BCUT2D eigenvalue weighted by molar-refractivity contribution is 14.0. The van der Waals surface area contributed by atoms with Crippen LogP contribution in [0, 0.1) is 5.82 Å². The molecule has 1 heterocycles. The van der Waals surface area contributed by atoms with Crippen LogP contribution in [0.25, 0.3) is 0 Å². The minimum atomic E-state index is -0.384. The Morgan fingerprint density at radius 3 is 2.44 bits per heavy atom. The first kappa shape index (κ1) is 21.5. The van der Waals surface area contributed by atoms with Crippen molar-refractivity contribution in [2.45, 2.75) is 20.4 Å². The van der Waals surface area contributed by atoms with E-state index in [0.29, 0.717) is 19.6 Å². The summed E-state index contributed by atoms with van der Waals surface area (Å²) >= 11 is 0. The second kappa shape index (κ2) is 10.4. The van der Waals surface area contributed by atoms with Crippen molar-refractivity contribution < 1.29 is 13.9 Å². The van der Waals surface area contributed by atoms with Crippen LogP contribution in [0.1, 0.15) is 19.4 Å². The minimum Gasteiger partial charge on any atom is -0.494 e. The number of aliphatic imine (C=N–C) groups is 1. The first-order chi connectivity index (χ1) is 11.5. The summed E-state index contributed by atoms with van der Waals surface area (Å²) in [5, 5.41) is 3.26. The molecule has 25 heavy (non-hydrogen) atoms. The number of amides is 1. The molecular formula is C17H26FIN4O2. The van der Waals surface area contributed by atoms with Crippen LogP contribution in [0.3, 0.4) is 0 Å². The number of nitrogens with zero attached hydrogens (tertiary/aromatic N) is 3. The number of hydrogen-bond acceptors (Lipinski definition) is 3. The molecule has 1 aliphatic rings. The highest BCUT2D eigenvalue weighted by Crippen LogP contribution is 2.18. The molecule has 0 saturated carbocycles. The molecule has 0 aliphatic carbocycles. The maximum absolute atomic E-state index is 13.8. The Morgan fingerprint density at radius 2 is 1.92 bits per heavy atom. The Hall–Kier alpha value is -1.58. The predicted molar refractivity (Wildman–Crippen MR) is 107 cm³/mol. The average molecular weight is 464 g/mol. The van der Waals surface area contributed by atoms with Crippen LogP contribution in [-0.4, -0.2) is 61.5 Å². The molecule has 140 valence electrons. The summed E-state index contributed by atoms with van der Waals surface area (Å²) in [6.45, 7) is 7.60. The molecule has 1 saturated heterocycles. The number of piperazine rings is 1. The van der Waals surface area contributed by atoms with Crippen LogP contribution in [0.5, 0.6) is 5.75 Å². The van der Waals surface area contributed by atoms with Gasteiger partial charge in [0.15, 0.2) is 17.5 Å². The normalized spacial score (nSPS) is 14.8. The SMILES string of the molecule is CCNC(=NCc1ccc(OC)c(F)c1)N1CCN(C(C)=O)CC1.I. The van der Waals surface area contributed by atoms with Gasteiger partial charge in [-0.2, -0.15) is 0 Å². The predicted octanol–water partition coefficient (Wildman–Crippen LogP) is 2.08. The van der Waals surface area contributed by atoms with Gasteiger partial charge >= 0.3 is 0 Å². The quantitative estimate of drug-likeness (QED) is 0.422. The number of hydrogen-bond donors (Lipinski definition) is 1. The van der Waals surface area contributed by atoms with E-state index in [4.69, 9.17) is 4.74 Å². The fourth-order valence-electron chi connectivity index (χ4n) is 2.63. The van der Waals surface area contributed by atoms with Crippen LogP contribution in [0.4, 0.5) is 4.39 Å². The van der Waals surface area contributed by atoms with Gasteiger partial charge in [-0.3, -0.25) is 4.79 Å². The van der Waals surface area contributed by atoms with E-state index in [0.717, 1.165) is 31.2 Å². The summed E-state index contributed by atoms with van der Waals surface area (Å²) in [5.41, 5.74) is 0.783. The van der Waals surface area contributed by atoms with E-state index in [9.17, 15) is 9.18 Å². The maximum atomic E-state index is 13.8. The van der Waals surface area contributed by atoms with Crippen LogP contribution in [-0.2, 0) is 11.3 Å². The fraction of sp³-hybridized carbons (Fsp3) is 0.529. The van der Waals surface area contributed by atoms with E-state index < -0.39 is 0 Å². The lowest BCUT2D eigenvalue weighted by atomic mass is 10.2. The number of carbonyl (C=O) groups is 1. The molecule has 6 nitrogen and oxygen atoms in total. The molecule has 1 fully saturated rings. The van der Waals surface area contributed by atoms with Crippen molar-refractivity contribution in [3.05, 3.63) is 29.6 Å². The fourth-order valence-corrected chi connectivity index (χ4v) is 2.63. The van der Waals surface area contributed by atoms with E-state index >= 15 is 0 Å². The van der Waals surface area contributed by atoms with E-state index in [-0.39, 0.29) is 41.5 Å². The van der Waals surface area contributed by atoms with Gasteiger partial charge in [0.2, 0.25) is 5.91 Å². The Morgan fingerprint density at radius 1 is 1.28 bits per heavy atom. The number of halogens is 2. The molecule has 1 aromatic rings. The standard InChI is InChI=1S/C17H25FN4O2.HI/c1-4-19-17(22-9-7-21(8-10-22)13(2)23)20-12-14-5-6-16(24-3)15(18)11-14;/h5-6,11H,4,7-10,12H2,1-3H3,(H,19,20);1H. The highest BCUT2D eigenvalue weighted by atomic mass is 127. The summed E-state index contributed by atoms with van der Waals surface area (Å²) in [7, 11) is 1.44. The highest BCUT2D eigenvalue weighted by Gasteiger charge is 2.20. The third kappa shape index (κ3) is 6.02. The van der Waals surface area contributed by atoms with E-state index in [1.807, 2.05) is 17.9 Å². The topological polar surface area (TPSA) is 57.2 Å². The zero-order valence-electron chi connectivity index (χ0n) is 14.9. The van der Waals surface area contributed by atoms with Gasteiger partial charge in [0.25, 0.3) is 0 Å². The first-order valence-corrected chi connectivity index (χ1v) is 8.16.